The van der Waals surface area contributed by atoms with Crippen molar-refractivity contribution in [2.75, 3.05) is 5.32 Å². The Hall–Kier alpha value is -3.54. The van der Waals surface area contributed by atoms with Gasteiger partial charge in [0.05, 0.1) is 22.2 Å². The number of nitrogens with one attached hydrogen (secondary N) is 2. The number of nitriles is 1. The molecule has 32 heavy (non-hydrogen) atoms. The highest BCUT2D eigenvalue weighted by Crippen LogP contribution is 2.42. The van der Waals surface area contributed by atoms with Gasteiger partial charge in [0.1, 0.15) is 17.7 Å². The third kappa shape index (κ3) is 3.45. The number of fused-ring (bicyclic) bond motifs is 1. The fourth-order valence-corrected chi connectivity index (χ4v) is 4.68. The second kappa shape index (κ2) is 8.19. The van der Waals surface area contributed by atoms with Crippen molar-refractivity contribution in [2.24, 2.45) is 5.41 Å². The van der Waals surface area contributed by atoms with Crippen molar-refractivity contribution in [3.05, 3.63) is 47.4 Å². The van der Waals surface area contributed by atoms with E-state index in [1.54, 1.807) is 6.92 Å². The van der Waals surface area contributed by atoms with Gasteiger partial charge in [-0.1, -0.05) is 19.8 Å². The van der Waals surface area contributed by atoms with E-state index in [1.807, 2.05) is 6.07 Å². The van der Waals surface area contributed by atoms with Crippen LogP contribution in [0.4, 0.5) is 19.0 Å². The number of hydrogen-bond acceptors (Lipinski definition) is 4. The van der Waals surface area contributed by atoms with Crippen LogP contribution < -0.4 is 5.32 Å². The van der Waals surface area contributed by atoms with Gasteiger partial charge in [0.15, 0.2) is 11.6 Å². The molecule has 4 rings (SSSR count). The molecular weight excluding hydrogens is 421 g/mol. The summed E-state index contributed by atoms with van der Waals surface area (Å²) in [5, 5.41) is 22.5. The molecule has 2 atom stereocenters. The van der Waals surface area contributed by atoms with Crippen LogP contribution in [0.15, 0.2) is 24.4 Å². The van der Waals surface area contributed by atoms with E-state index in [2.05, 4.69) is 15.3 Å². The molecule has 1 saturated carbocycles. The predicted octanol–water partition coefficient (Wildman–Crippen LogP) is 5.35. The fourth-order valence-electron chi connectivity index (χ4n) is 4.68. The fraction of sp³-hybridized carbons (Fsp3) is 0.348. The molecule has 0 spiro atoms. The number of carbonyl (C=O) groups is 1. The van der Waals surface area contributed by atoms with Crippen LogP contribution in [0, 0.1) is 34.2 Å². The number of aliphatic carboxylic acids is 1. The highest BCUT2D eigenvalue weighted by atomic mass is 19.1. The lowest BCUT2D eigenvalue weighted by Gasteiger charge is -2.40. The van der Waals surface area contributed by atoms with Crippen LogP contribution in [0.5, 0.6) is 0 Å². The molecule has 1 aliphatic carbocycles. The summed E-state index contributed by atoms with van der Waals surface area (Å²) in [6, 6.07) is 4.15. The minimum atomic E-state index is -1.06. The number of H-pyrrole nitrogens is 1. The Labute approximate surface area is 182 Å². The zero-order valence-corrected chi connectivity index (χ0v) is 17.3. The molecule has 2 heterocycles. The van der Waals surface area contributed by atoms with Crippen molar-refractivity contribution < 1.29 is 23.1 Å². The summed E-state index contributed by atoms with van der Waals surface area (Å²) >= 11 is 0. The standard InChI is InChI=1S/C23H21F3N4O2/c1-2-23(22(31)32)6-4-3-5-18(23)29-21-17(26)7-12(10-27)19(30-21)15-11-28-20-14(15)8-13(24)9-16(20)25/h7-9,11,18,28H,2-6H2,1H3,(H,29,30)(H,31,32)/t18-,23-/m1/s1. The van der Waals surface area contributed by atoms with Crippen LogP contribution in [0.25, 0.3) is 22.2 Å². The Kier molecular flexibility index (Phi) is 5.55. The molecule has 2 aromatic heterocycles. The monoisotopic (exact) mass is 442 g/mol. The van der Waals surface area contributed by atoms with Gasteiger partial charge in [-0.3, -0.25) is 4.79 Å². The van der Waals surface area contributed by atoms with E-state index >= 15 is 0 Å². The lowest BCUT2D eigenvalue weighted by atomic mass is 9.68. The molecular formula is C23H21F3N4O2. The summed E-state index contributed by atoms with van der Waals surface area (Å²) in [5.41, 5.74) is -0.855. The molecule has 1 fully saturated rings. The smallest absolute Gasteiger partial charge is 0.311 e. The van der Waals surface area contributed by atoms with Crippen LogP contribution >= 0.6 is 0 Å². The van der Waals surface area contributed by atoms with E-state index in [0.717, 1.165) is 31.0 Å². The Morgan fingerprint density at radius 1 is 1.31 bits per heavy atom. The number of aromatic amines is 1. The molecule has 1 aliphatic rings. The Bertz CT molecular complexity index is 1250. The number of carboxylic acid groups (broad SMARTS) is 1. The maximum Gasteiger partial charge on any atom is 0.311 e. The lowest BCUT2D eigenvalue weighted by Crippen LogP contribution is -2.48. The number of anilines is 1. The van der Waals surface area contributed by atoms with Crippen LogP contribution in [-0.4, -0.2) is 27.1 Å². The first-order valence-electron chi connectivity index (χ1n) is 10.4. The lowest BCUT2D eigenvalue weighted by molar-refractivity contribution is -0.152. The second-order valence-electron chi connectivity index (χ2n) is 8.10. The summed E-state index contributed by atoms with van der Waals surface area (Å²) in [6.45, 7) is 1.79. The maximum absolute atomic E-state index is 14.9. The highest BCUT2D eigenvalue weighted by molar-refractivity contribution is 5.96. The minimum Gasteiger partial charge on any atom is -0.481 e. The average molecular weight is 442 g/mol. The zero-order valence-electron chi connectivity index (χ0n) is 17.3. The zero-order chi connectivity index (χ0) is 23.0. The van der Waals surface area contributed by atoms with Crippen molar-refractivity contribution in [1.82, 2.24) is 9.97 Å². The molecule has 0 aliphatic heterocycles. The van der Waals surface area contributed by atoms with Gasteiger partial charge in [-0.15, -0.1) is 0 Å². The van der Waals surface area contributed by atoms with Crippen molar-refractivity contribution in [2.45, 2.75) is 45.1 Å². The van der Waals surface area contributed by atoms with Gasteiger partial charge >= 0.3 is 5.97 Å². The summed E-state index contributed by atoms with van der Waals surface area (Å²) in [6.07, 6.45) is 4.29. The van der Waals surface area contributed by atoms with E-state index in [9.17, 15) is 28.3 Å². The number of halogens is 3. The third-order valence-electron chi connectivity index (χ3n) is 6.46. The Morgan fingerprint density at radius 3 is 2.78 bits per heavy atom. The maximum atomic E-state index is 14.9. The number of benzene rings is 1. The molecule has 166 valence electrons. The number of pyridine rings is 1. The Morgan fingerprint density at radius 2 is 2.09 bits per heavy atom. The van der Waals surface area contributed by atoms with E-state index in [0.29, 0.717) is 19.3 Å². The third-order valence-corrected chi connectivity index (χ3v) is 6.46. The molecule has 0 saturated heterocycles. The quantitative estimate of drug-likeness (QED) is 0.494. The summed E-state index contributed by atoms with van der Waals surface area (Å²) in [7, 11) is 0. The van der Waals surface area contributed by atoms with Crippen LogP contribution in [0.3, 0.4) is 0 Å². The first kappa shape index (κ1) is 21.7. The van der Waals surface area contributed by atoms with Crippen molar-refractivity contribution in [1.29, 1.82) is 5.26 Å². The summed E-state index contributed by atoms with van der Waals surface area (Å²) < 4.78 is 42.8. The predicted molar refractivity (Wildman–Crippen MR) is 112 cm³/mol. The Balaban J connectivity index is 1.83. The molecule has 3 aromatic rings. The molecule has 9 heteroatoms. The average Bonchev–Trinajstić information content (AvgIpc) is 3.19. The van der Waals surface area contributed by atoms with Crippen molar-refractivity contribution >= 4 is 22.7 Å². The van der Waals surface area contributed by atoms with Gasteiger partial charge in [-0.2, -0.15) is 5.26 Å². The van der Waals surface area contributed by atoms with Crippen molar-refractivity contribution in [3.63, 3.8) is 0 Å². The van der Waals surface area contributed by atoms with Crippen molar-refractivity contribution in [3.8, 4) is 17.3 Å². The van der Waals surface area contributed by atoms with E-state index < -0.39 is 34.9 Å². The molecule has 0 amide bonds. The van der Waals surface area contributed by atoms with Crippen LogP contribution in [0.1, 0.15) is 44.6 Å². The molecule has 0 unspecified atom stereocenters. The van der Waals surface area contributed by atoms with Gasteiger partial charge in [0, 0.05) is 29.3 Å². The topological polar surface area (TPSA) is 102 Å². The molecule has 0 bridgehead atoms. The number of aromatic nitrogens is 2. The van der Waals surface area contributed by atoms with Gasteiger partial charge in [-0.05, 0) is 31.4 Å². The van der Waals surface area contributed by atoms with Gasteiger partial charge < -0.3 is 15.4 Å². The first-order chi connectivity index (χ1) is 15.3. The van der Waals surface area contributed by atoms with Crippen LogP contribution in [-0.2, 0) is 4.79 Å². The largest absolute Gasteiger partial charge is 0.481 e. The summed E-state index contributed by atoms with van der Waals surface area (Å²) in [4.78, 5) is 19.1. The molecule has 0 radical (unpaired) electrons. The van der Waals surface area contributed by atoms with E-state index in [1.165, 1.54) is 6.20 Å². The number of rotatable bonds is 5. The molecule has 3 N–H and O–H groups in total. The van der Waals surface area contributed by atoms with E-state index in [4.69, 9.17) is 0 Å². The van der Waals surface area contributed by atoms with Gasteiger partial charge in [0.25, 0.3) is 0 Å². The molecule has 1 aromatic carbocycles. The highest BCUT2D eigenvalue weighted by Gasteiger charge is 2.46. The van der Waals surface area contributed by atoms with Gasteiger partial charge in [-0.25, -0.2) is 18.2 Å². The minimum absolute atomic E-state index is 0.0362. The first-order valence-corrected chi connectivity index (χ1v) is 10.4. The van der Waals surface area contributed by atoms with Gasteiger partial charge in [0.2, 0.25) is 0 Å². The number of carboxylic acids is 1. The number of hydrogen-bond donors (Lipinski definition) is 3. The molecule has 6 nitrogen and oxygen atoms in total. The van der Waals surface area contributed by atoms with E-state index in [-0.39, 0.29) is 33.5 Å². The normalized spacial score (nSPS) is 20.8. The second-order valence-corrected chi connectivity index (χ2v) is 8.10. The number of nitrogens with zero attached hydrogens (tertiary/aromatic N) is 2. The van der Waals surface area contributed by atoms with Crippen LogP contribution in [0.2, 0.25) is 0 Å². The summed E-state index contributed by atoms with van der Waals surface area (Å²) in [5.74, 6) is -3.55. The SMILES string of the molecule is CC[C@@]1(C(=O)O)CCCC[C@H]1Nc1nc(-c2c[nH]c3c(F)cc(F)cc23)c(C#N)cc1F.